The molecule has 0 unspecified atom stereocenters. The van der Waals surface area contributed by atoms with Crippen LogP contribution in [0.5, 0.6) is 5.75 Å². The molecule has 5 atom stereocenters. The summed E-state index contributed by atoms with van der Waals surface area (Å²) in [5.74, 6) is -6.20. The number of carbonyl (C=O) groups excluding carboxylic acids is 3. The number of aliphatic hydroxyl groups excluding tert-OH is 3. The lowest BCUT2D eigenvalue weighted by molar-refractivity contribution is -0.272. The van der Waals surface area contributed by atoms with Gasteiger partial charge in [-0.2, -0.15) is 0 Å². The Balaban J connectivity index is 1.85. The molecule has 242 valence electrons. The number of aromatic nitrogens is 4. The van der Waals surface area contributed by atoms with Crippen molar-refractivity contribution in [2.24, 2.45) is 6.98 Å². The Labute approximate surface area is 258 Å². The van der Waals surface area contributed by atoms with Gasteiger partial charge in [0.1, 0.15) is 30.0 Å². The van der Waals surface area contributed by atoms with Crippen LogP contribution < -0.4 is 20.9 Å². The highest BCUT2D eigenvalue weighted by atomic mass is 19.1. The third-order valence-corrected chi connectivity index (χ3v) is 6.57. The van der Waals surface area contributed by atoms with E-state index in [0.717, 1.165) is 19.2 Å². The van der Waals surface area contributed by atoms with Crippen LogP contribution in [0.1, 0.15) is 56.4 Å². The molecule has 1 fully saturated rings. The number of amides is 2. The largest absolute Gasteiger partial charge is 0.467 e. The highest BCUT2D eigenvalue weighted by Crippen LogP contribution is 2.27. The van der Waals surface area contributed by atoms with Crippen molar-refractivity contribution in [3.8, 4) is 5.75 Å². The van der Waals surface area contributed by atoms with Crippen LogP contribution in [-0.2, 0) is 33.3 Å². The fraction of sp³-hybridized carbons (Fsp3) is 0.444. The topological polar surface area (TPSA) is 237 Å². The molecular weight excluding hydrogens is 603 g/mol. The molecule has 1 saturated heterocycles. The molecular formula is C27H31FN6O11. The van der Waals surface area contributed by atoms with E-state index in [4.69, 9.17) is 18.0 Å². The lowest BCUT2D eigenvalue weighted by Crippen LogP contribution is -2.61. The van der Waals surface area contributed by atoms with Gasteiger partial charge in [0, 0.05) is 24.6 Å². The number of aliphatic hydroxyl groups is 3. The van der Waals surface area contributed by atoms with Crippen LogP contribution in [0.4, 0.5) is 4.39 Å². The zero-order valence-corrected chi connectivity index (χ0v) is 24.2. The molecule has 1 aliphatic heterocycles. The Hall–Kier alpha value is -4.78. The van der Waals surface area contributed by atoms with E-state index in [1.165, 1.54) is 32.9 Å². The van der Waals surface area contributed by atoms with Crippen molar-refractivity contribution in [2.75, 3.05) is 7.11 Å². The molecule has 1 aliphatic rings. The number of benzene rings is 1. The monoisotopic (exact) mass is 637 g/mol. The highest BCUT2D eigenvalue weighted by molar-refractivity contribution is 5.95. The Bertz CT molecular complexity index is 1750. The van der Waals surface area contributed by atoms with Crippen LogP contribution in [0, 0.1) is 12.7 Å². The second-order valence-corrected chi connectivity index (χ2v) is 10.3. The number of nitrogens with one attached hydrogen (secondary N) is 2. The van der Waals surface area contributed by atoms with Crippen LogP contribution in [-0.4, -0.2) is 90.7 Å². The van der Waals surface area contributed by atoms with Crippen LogP contribution >= 0.6 is 0 Å². The SMILES string of the molecule is [2H]C([2H])([2H])n1c(C(C)(C)NC(=O)c2nnc(C)o2)nc(C(=O)NCc2ccc(F)cc2)c(O[C@@H]2O[C@H](C(=O)OC)[C@@H](O)[C@H](O)[C@H]2O)c1=O. The summed E-state index contributed by atoms with van der Waals surface area (Å²) in [6, 6.07) is 4.95. The quantitative estimate of drug-likeness (QED) is 0.169. The first-order valence-corrected chi connectivity index (χ1v) is 13.1. The summed E-state index contributed by atoms with van der Waals surface area (Å²) in [6.07, 6.45) is -10.4. The lowest BCUT2D eigenvalue weighted by Gasteiger charge is -2.38. The standard InChI is InChI=1S/C27H31FN6O11/c1-11-32-33-22(43-11)21(39)31-27(2,3)26-30-14(20(38)29-10-12-6-8-13(28)9-7-12)18(23(40)34(26)4)44-25-17(37)15(35)16(36)19(45-25)24(41)42-5/h6-9,15-17,19,25,35-37H,10H2,1-5H3,(H,29,38)(H,31,39)/t15-,16-,17+,19-,25+/m0/s1/i4D3. The maximum absolute atomic E-state index is 14.0. The highest BCUT2D eigenvalue weighted by Gasteiger charge is 2.49. The zero-order chi connectivity index (χ0) is 35.7. The van der Waals surface area contributed by atoms with Gasteiger partial charge in [-0.05, 0) is 31.5 Å². The van der Waals surface area contributed by atoms with Gasteiger partial charge in [-0.15, -0.1) is 10.2 Å². The van der Waals surface area contributed by atoms with E-state index in [1.807, 2.05) is 0 Å². The van der Waals surface area contributed by atoms with Gasteiger partial charge in [0.15, 0.2) is 11.8 Å². The molecule has 3 aromatic rings. The summed E-state index contributed by atoms with van der Waals surface area (Å²) < 4.78 is 58.2. The van der Waals surface area contributed by atoms with Gasteiger partial charge >= 0.3 is 17.8 Å². The van der Waals surface area contributed by atoms with Gasteiger partial charge in [-0.3, -0.25) is 19.0 Å². The van der Waals surface area contributed by atoms with Crippen LogP contribution in [0.25, 0.3) is 0 Å². The number of nitrogens with zero attached hydrogens (tertiary/aromatic N) is 4. The van der Waals surface area contributed by atoms with E-state index in [1.54, 1.807) is 0 Å². The van der Waals surface area contributed by atoms with Gasteiger partial charge in [0.25, 0.3) is 11.5 Å². The van der Waals surface area contributed by atoms with Gasteiger partial charge < -0.3 is 44.6 Å². The van der Waals surface area contributed by atoms with Crippen molar-refractivity contribution in [3.63, 3.8) is 0 Å². The van der Waals surface area contributed by atoms with E-state index in [-0.39, 0.29) is 17.0 Å². The molecule has 2 aromatic heterocycles. The minimum Gasteiger partial charge on any atom is -0.467 e. The molecule has 0 saturated carbocycles. The number of hydrogen-bond acceptors (Lipinski definition) is 14. The number of rotatable bonds is 9. The average molecular weight is 638 g/mol. The molecule has 18 heteroatoms. The first-order valence-electron chi connectivity index (χ1n) is 14.6. The number of esters is 1. The summed E-state index contributed by atoms with van der Waals surface area (Å²) in [5, 5.41) is 43.2. The molecule has 0 spiro atoms. The summed E-state index contributed by atoms with van der Waals surface area (Å²) in [4.78, 5) is 56.8. The van der Waals surface area contributed by atoms with E-state index < -0.39 is 95.5 Å². The molecule has 0 aliphatic carbocycles. The first-order chi connectivity index (χ1) is 22.3. The summed E-state index contributed by atoms with van der Waals surface area (Å²) >= 11 is 0. The first kappa shape index (κ1) is 29.0. The molecule has 2 amide bonds. The number of halogens is 1. The van der Waals surface area contributed by atoms with Crippen molar-refractivity contribution in [3.05, 3.63) is 69.3 Å². The summed E-state index contributed by atoms with van der Waals surface area (Å²) in [5.41, 5.74) is -3.91. The van der Waals surface area contributed by atoms with Crippen molar-refractivity contribution >= 4 is 17.8 Å². The molecule has 5 N–H and O–H groups in total. The Morgan fingerprint density at radius 3 is 2.40 bits per heavy atom. The van der Waals surface area contributed by atoms with Crippen LogP contribution in [0.3, 0.4) is 0 Å². The fourth-order valence-electron chi connectivity index (χ4n) is 4.21. The lowest BCUT2D eigenvalue weighted by atomic mass is 9.99. The third-order valence-electron chi connectivity index (χ3n) is 6.57. The van der Waals surface area contributed by atoms with Gasteiger partial charge in [0.2, 0.25) is 17.9 Å². The second kappa shape index (κ2) is 13.1. The molecule has 4 rings (SSSR count). The van der Waals surface area contributed by atoms with Crippen LogP contribution in [0.15, 0.2) is 33.5 Å². The predicted molar refractivity (Wildman–Crippen MR) is 146 cm³/mol. The maximum Gasteiger partial charge on any atom is 0.337 e. The number of methoxy groups -OCH3 is 1. The van der Waals surface area contributed by atoms with E-state index in [2.05, 4.69) is 30.6 Å². The minimum atomic E-state index is -3.35. The molecule has 1 aromatic carbocycles. The smallest absolute Gasteiger partial charge is 0.337 e. The normalized spacial score (nSPS) is 22.8. The Morgan fingerprint density at radius 1 is 1.11 bits per heavy atom. The maximum atomic E-state index is 14.0. The Kier molecular flexibility index (Phi) is 8.41. The molecule has 17 nitrogen and oxygen atoms in total. The molecule has 45 heavy (non-hydrogen) atoms. The zero-order valence-electron chi connectivity index (χ0n) is 27.2. The number of hydrogen-bond donors (Lipinski definition) is 5. The van der Waals surface area contributed by atoms with Gasteiger partial charge in [-0.25, -0.2) is 14.2 Å². The molecule has 0 radical (unpaired) electrons. The second-order valence-electron chi connectivity index (χ2n) is 10.3. The number of ether oxygens (including phenoxy) is 3. The van der Waals surface area contributed by atoms with Crippen molar-refractivity contribution in [1.82, 2.24) is 30.4 Å². The summed E-state index contributed by atoms with van der Waals surface area (Å²) in [7, 11) is 0.938. The predicted octanol–water partition coefficient (Wildman–Crippen LogP) is -1.43. The van der Waals surface area contributed by atoms with Crippen molar-refractivity contribution in [2.45, 2.75) is 63.6 Å². The molecule has 0 bridgehead atoms. The van der Waals surface area contributed by atoms with Crippen molar-refractivity contribution < 1.29 is 56.8 Å². The average Bonchev–Trinajstić information content (AvgIpc) is 3.46. The van der Waals surface area contributed by atoms with Gasteiger partial charge in [-0.1, -0.05) is 12.1 Å². The number of aryl methyl sites for hydroxylation is 1. The third kappa shape index (κ3) is 6.98. The van der Waals surface area contributed by atoms with Gasteiger partial charge in [0.05, 0.1) is 12.6 Å². The van der Waals surface area contributed by atoms with E-state index in [9.17, 15) is 38.9 Å². The number of carbonyl (C=O) groups is 3. The van der Waals surface area contributed by atoms with Crippen LogP contribution in [0.2, 0.25) is 0 Å². The molecule has 3 heterocycles. The summed E-state index contributed by atoms with van der Waals surface area (Å²) in [6.45, 7) is 0.321. The minimum absolute atomic E-state index is 0.0382. The van der Waals surface area contributed by atoms with Crippen molar-refractivity contribution in [1.29, 1.82) is 0 Å². The fourth-order valence-corrected chi connectivity index (χ4v) is 4.21. The Morgan fingerprint density at radius 2 is 1.80 bits per heavy atom. The van der Waals surface area contributed by atoms with E-state index >= 15 is 0 Å². The van der Waals surface area contributed by atoms with E-state index in [0.29, 0.717) is 5.56 Å².